The summed E-state index contributed by atoms with van der Waals surface area (Å²) >= 11 is 0. The van der Waals surface area contributed by atoms with Gasteiger partial charge in [0.25, 0.3) is 0 Å². The van der Waals surface area contributed by atoms with Crippen molar-refractivity contribution in [2.75, 3.05) is 7.11 Å². The maximum Gasteiger partial charge on any atom is 0.417 e. The summed E-state index contributed by atoms with van der Waals surface area (Å²) < 4.78 is 75.3. The minimum absolute atomic E-state index is 0.127. The third kappa shape index (κ3) is 4.42. The van der Waals surface area contributed by atoms with Crippen LogP contribution in [0.25, 0.3) is 11.1 Å². The lowest BCUT2D eigenvalue weighted by Crippen LogP contribution is -2.42. The van der Waals surface area contributed by atoms with Crippen molar-refractivity contribution in [1.82, 2.24) is 15.1 Å². The van der Waals surface area contributed by atoms with E-state index in [1.165, 1.54) is 30.3 Å². The Labute approximate surface area is 194 Å². The fraction of sp³-hybridized carbons (Fsp3) is 0.500. The minimum atomic E-state index is -4.91. The van der Waals surface area contributed by atoms with Gasteiger partial charge in [-0.3, -0.25) is 9.48 Å². The molecule has 3 atom stereocenters. The van der Waals surface area contributed by atoms with Gasteiger partial charge < -0.3 is 10.1 Å². The summed E-state index contributed by atoms with van der Waals surface area (Å²) in [6.45, 7) is 0. The predicted molar refractivity (Wildman–Crippen MR) is 114 cm³/mol. The summed E-state index contributed by atoms with van der Waals surface area (Å²) in [7, 11) is -1.52. The second-order valence-electron chi connectivity index (χ2n) is 8.81. The lowest BCUT2D eigenvalue weighted by Gasteiger charge is -2.19. The van der Waals surface area contributed by atoms with E-state index in [4.69, 9.17) is 4.74 Å². The standard InChI is InChI=1S/C22H23F3N4O4S/c1-29-11-14(10-27-29)13-3-4-19(17(7-13)22(23,24)25)34(31,32)15-8-16(18(9-15)33-2)20(30)28-21(12-26)5-6-21/h3-4,7,10-11,15-16,18H,5-6,8-9H2,1-2H3,(H,28,30)/t15?,16-,18-/m1/s1. The fourth-order valence-electron chi connectivity index (χ4n) is 4.39. The first-order valence-electron chi connectivity index (χ1n) is 10.6. The zero-order chi connectivity index (χ0) is 24.9. The van der Waals surface area contributed by atoms with Crippen LogP contribution in [0.2, 0.25) is 0 Å². The molecule has 182 valence electrons. The first kappa shape index (κ1) is 24.2. The van der Waals surface area contributed by atoms with Gasteiger partial charge in [-0.25, -0.2) is 8.42 Å². The van der Waals surface area contributed by atoms with Crippen LogP contribution >= 0.6 is 0 Å². The van der Waals surface area contributed by atoms with Crippen LogP contribution in [-0.2, 0) is 32.6 Å². The molecule has 2 aliphatic rings. The van der Waals surface area contributed by atoms with Crippen LogP contribution in [0.5, 0.6) is 0 Å². The van der Waals surface area contributed by atoms with Crippen molar-refractivity contribution in [2.24, 2.45) is 13.0 Å². The zero-order valence-electron chi connectivity index (χ0n) is 18.5. The second kappa shape index (κ2) is 8.39. The van der Waals surface area contributed by atoms with Crippen LogP contribution < -0.4 is 5.32 Å². The Hall–Kier alpha value is -2.91. The van der Waals surface area contributed by atoms with Gasteiger partial charge in [0.15, 0.2) is 9.84 Å². The molecule has 0 saturated heterocycles. The van der Waals surface area contributed by atoms with Crippen molar-refractivity contribution >= 4 is 15.7 Å². The number of nitrogens with one attached hydrogen (secondary N) is 1. The maximum atomic E-state index is 13.9. The molecule has 12 heteroatoms. The smallest absolute Gasteiger partial charge is 0.381 e. The molecule has 1 aromatic heterocycles. The molecule has 1 aromatic carbocycles. The molecule has 8 nitrogen and oxygen atoms in total. The highest BCUT2D eigenvalue weighted by Crippen LogP contribution is 2.43. The van der Waals surface area contributed by atoms with Gasteiger partial charge in [-0.15, -0.1) is 0 Å². The minimum Gasteiger partial charge on any atom is -0.381 e. The summed E-state index contributed by atoms with van der Waals surface area (Å²) in [4.78, 5) is 11.9. The first-order chi connectivity index (χ1) is 15.9. The van der Waals surface area contributed by atoms with Gasteiger partial charge in [0.05, 0.1) is 40.0 Å². The molecule has 0 bridgehead atoms. The molecule has 34 heavy (non-hydrogen) atoms. The Bertz CT molecular complexity index is 1260. The number of ether oxygens (including phenoxy) is 1. The highest BCUT2D eigenvalue weighted by atomic mass is 32.2. The van der Waals surface area contributed by atoms with Crippen molar-refractivity contribution in [2.45, 2.75) is 53.6 Å². The molecular weight excluding hydrogens is 473 g/mol. The summed E-state index contributed by atoms with van der Waals surface area (Å²) in [6.07, 6.45) is -2.12. The lowest BCUT2D eigenvalue weighted by molar-refractivity contribution is -0.139. The molecule has 1 amide bonds. The number of nitrogens with zero attached hydrogens (tertiary/aromatic N) is 3. The molecule has 1 N–H and O–H groups in total. The monoisotopic (exact) mass is 496 g/mol. The number of halogens is 3. The first-order valence-corrected chi connectivity index (χ1v) is 12.1. The Kier molecular flexibility index (Phi) is 5.98. The van der Waals surface area contributed by atoms with Crippen LogP contribution in [0.15, 0.2) is 35.5 Å². The molecule has 0 spiro atoms. The second-order valence-corrected chi connectivity index (χ2v) is 11.0. The van der Waals surface area contributed by atoms with Crippen molar-refractivity contribution in [3.8, 4) is 17.2 Å². The number of hydrogen-bond acceptors (Lipinski definition) is 6. The van der Waals surface area contributed by atoms with E-state index < -0.39 is 55.2 Å². The van der Waals surface area contributed by atoms with Crippen LogP contribution in [0.3, 0.4) is 0 Å². The Morgan fingerprint density at radius 2 is 2.00 bits per heavy atom. The van der Waals surface area contributed by atoms with Crippen LogP contribution in [0, 0.1) is 17.2 Å². The van der Waals surface area contributed by atoms with Crippen molar-refractivity contribution in [1.29, 1.82) is 5.26 Å². The number of rotatable bonds is 6. The Morgan fingerprint density at radius 3 is 2.53 bits per heavy atom. The highest BCUT2D eigenvalue weighted by molar-refractivity contribution is 7.92. The Morgan fingerprint density at radius 1 is 1.29 bits per heavy atom. The normalized spacial score (nSPS) is 23.9. The van der Waals surface area contributed by atoms with E-state index >= 15 is 0 Å². The molecular formula is C22H23F3N4O4S. The zero-order valence-corrected chi connectivity index (χ0v) is 19.3. The summed E-state index contributed by atoms with van der Waals surface area (Å²) in [6, 6.07) is 5.11. The van der Waals surface area contributed by atoms with Crippen LogP contribution in [0.4, 0.5) is 13.2 Å². The number of carbonyl (C=O) groups is 1. The van der Waals surface area contributed by atoms with Crippen LogP contribution in [0.1, 0.15) is 31.2 Å². The van der Waals surface area contributed by atoms with Gasteiger partial charge in [-0.1, -0.05) is 6.07 Å². The molecule has 2 fully saturated rings. The van der Waals surface area contributed by atoms with E-state index in [9.17, 15) is 31.6 Å². The number of benzene rings is 1. The van der Waals surface area contributed by atoms with Gasteiger partial charge in [0.1, 0.15) is 5.54 Å². The topological polar surface area (TPSA) is 114 Å². The van der Waals surface area contributed by atoms with Gasteiger partial charge in [0, 0.05) is 25.9 Å². The number of aromatic nitrogens is 2. The third-order valence-electron chi connectivity index (χ3n) is 6.50. The summed E-state index contributed by atoms with van der Waals surface area (Å²) in [5.74, 6) is -1.41. The lowest BCUT2D eigenvalue weighted by atomic mass is 10.0. The molecule has 2 saturated carbocycles. The van der Waals surface area contributed by atoms with Gasteiger partial charge in [0.2, 0.25) is 5.91 Å². The van der Waals surface area contributed by atoms with Crippen LogP contribution in [-0.4, -0.2) is 48.1 Å². The maximum absolute atomic E-state index is 13.9. The number of alkyl halides is 3. The van der Waals surface area contributed by atoms with E-state index in [1.807, 2.05) is 6.07 Å². The number of hydrogen-bond donors (Lipinski definition) is 1. The number of amides is 1. The summed E-state index contributed by atoms with van der Waals surface area (Å²) in [5.41, 5.74) is -1.61. The number of methoxy groups -OCH3 is 1. The van der Waals surface area contributed by atoms with E-state index in [-0.39, 0.29) is 18.4 Å². The molecule has 2 aliphatic carbocycles. The van der Waals surface area contributed by atoms with Gasteiger partial charge >= 0.3 is 6.18 Å². The molecule has 1 heterocycles. The summed E-state index contributed by atoms with van der Waals surface area (Å²) in [5, 5.41) is 14.5. The van der Waals surface area contributed by atoms with E-state index in [2.05, 4.69) is 10.4 Å². The molecule has 2 aromatic rings. The third-order valence-corrected chi connectivity index (χ3v) is 8.73. The van der Waals surface area contributed by atoms with Crippen molar-refractivity contribution in [3.63, 3.8) is 0 Å². The average Bonchev–Trinajstić information content (AvgIpc) is 3.19. The number of aryl methyl sites for hydroxylation is 1. The SMILES string of the molecule is CO[C@@H]1CC(S(=O)(=O)c2ccc(-c3cnn(C)c3)cc2C(F)(F)F)C[C@H]1C(=O)NC1(C#N)CC1. The van der Waals surface area contributed by atoms with E-state index in [0.29, 0.717) is 18.4 Å². The highest BCUT2D eigenvalue weighted by Gasteiger charge is 2.51. The Balaban J connectivity index is 1.66. The fourth-order valence-corrected chi connectivity index (χ4v) is 6.39. The number of nitriles is 1. The van der Waals surface area contributed by atoms with E-state index in [1.54, 1.807) is 7.05 Å². The molecule has 4 rings (SSSR count). The number of sulfone groups is 1. The quantitative estimate of drug-likeness (QED) is 0.658. The number of carbonyl (C=O) groups excluding carboxylic acids is 1. The van der Waals surface area contributed by atoms with E-state index in [0.717, 1.165) is 12.1 Å². The van der Waals surface area contributed by atoms with Crippen molar-refractivity contribution in [3.05, 3.63) is 36.2 Å². The average molecular weight is 497 g/mol. The molecule has 1 unspecified atom stereocenters. The van der Waals surface area contributed by atoms with Crippen molar-refractivity contribution < 1.29 is 31.1 Å². The van der Waals surface area contributed by atoms with Gasteiger partial charge in [-0.05, 0) is 43.4 Å². The predicted octanol–water partition coefficient (Wildman–Crippen LogP) is 2.85. The van der Waals surface area contributed by atoms with Gasteiger partial charge in [-0.2, -0.15) is 23.5 Å². The molecule has 0 aliphatic heterocycles. The molecule has 0 radical (unpaired) electrons. The largest absolute Gasteiger partial charge is 0.417 e.